The van der Waals surface area contributed by atoms with Gasteiger partial charge in [0.05, 0.1) is 17.7 Å². The molecule has 234 valence electrons. The molecule has 0 bridgehead atoms. The number of hydrogen-bond donors (Lipinski definition) is 0. The normalized spacial score (nSPS) is 17.2. The first-order valence-electron chi connectivity index (χ1n) is 15.3. The van der Waals surface area contributed by atoms with Crippen LogP contribution < -0.4 is 9.64 Å². The van der Waals surface area contributed by atoms with Gasteiger partial charge in [-0.25, -0.2) is 8.78 Å². The van der Waals surface area contributed by atoms with Gasteiger partial charge in [0.2, 0.25) is 5.91 Å². The maximum atomic E-state index is 13.8. The Morgan fingerprint density at radius 3 is 2.04 bits per heavy atom. The molecule has 1 fully saturated rings. The molecular weight excluding hydrogens is 587 g/mol. The Morgan fingerprint density at radius 1 is 0.844 bits per heavy atom. The number of oxime groups is 1. The molecule has 0 aromatic heterocycles. The summed E-state index contributed by atoms with van der Waals surface area (Å²) in [6.45, 7) is 11.1. The summed E-state index contributed by atoms with van der Waals surface area (Å²) in [6, 6.07) is 29.7. The highest BCUT2D eigenvalue weighted by Gasteiger charge is 2.48. The van der Waals surface area contributed by atoms with Crippen molar-refractivity contribution in [3.63, 3.8) is 0 Å². The summed E-state index contributed by atoms with van der Waals surface area (Å²) in [6.07, 6.45) is 0.965. The van der Waals surface area contributed by atoms with Crippen LogP contribution in [0, 0.1) is 17.6 Å². The lowest BCUT2D eigenvalue weighted by Crippen LogP contribution is -2.55. The van der Waals surface area contributed by atoms with Crippen molar-refractivity contribution in [3.8, 4) is 5.75 Å². The van der Waals surface area contributed by atoms with Crippen LogP contribution in [0.15, 0.2) is 108 Å². The quantitative estimate of drug-likeness (QED) is 0.0721. The summed E-state index contributed by atoms with van der Waals surface area (Å²) in [7, 11) is -2.21. The van der Waals surface area contributed by atoms with E-state index in [4.69, 9.17) is 9.26 Å². The minimum Gasteiger partial charge on any atom is -0.489 e. The molecule has 1 saturated heterocycles. The molecule has 45 heavy (non-hydrogen) atoms. The molecule has 4 aromatic rings. The number of β-lactam (4-membered cyclic amide) rings is 1. The number of ether oxygens (including phenoxy) is 1. The second kappa shape index (κ2) is 13.4. The molecule has 0 saturated carbocycles. The Kier molecular flexibility index (Phi) is 9.53. The van der Waals surface area contributed by atoms with Crippen molar-refractivity contribution in [1.82, 2.24) is 0 Å². The SMILES string of the molecule is CC(C)(C)[Si](C)(C)O/N=C(\CC[C@H]1C(=O)N(c2ccc(F)cc2)[C@@H]1c1ccc(OCc2ccccc2)cc1)c1ccc(F)cc1. The average Bonchev–Trinajstić information content (AvgIpc) is 3.02. The van der Waals surface area contributed by atoms with Gasteiger partial charge < -0.3 is 14.2 Å². The summed E-state index contributed by atoms with van der Waals surface area (Å²) in [4.78, 5) is 15.4. The molecule has 1 amide bonds. The zero-order chi connectivity index (χ0) is 32.2. The lowest BCUT2D eigenvalue weighted by molar-refractivity contribution is -0.130. The first-order chi connectivity index (χ1) is 21.4. The van der Waals surface area contributed by atoms with E-state index in [1.807, 2.05) is 54.6 Å². The number of carbonyl (C=O) groups excluding carboxylic acids is 1. The Labute approximate surface area is 265 Å². The topological polar surface area (TPSA) is 51.1 Å². The number of nitrogens with zero attached hydrogens (tertiary/aromatic N) is 2. The monoisotopic (exact) mass is 626 g/mol. The summed E-state index contributed by atoms with van der Waals surface area (Å²) in [5.74, 6) is -0.346. The van der Waals surface area contributed by atoms with E-state index < -0.39 is 8.32 Å². The highest BCUT2D eigenvalue weighted by atomic mass is 28.4. The van der Waals surface area contributed by atoms with Gasteiger partial charge in [-0.3, -0.25) is 4.79 Å². The smallest absolute Gasteiger partial charge is 0.286 e. The number of anilines is 1. The summed E-state index contributed by atoms with van der Waals surface area (Å²) >= 11 is 0. The maximum absolute atomic E-state index is 13.8. The van der Waals surface area contributed by atoms with Crippen LogP contribution in [0.1, 0.15) is 56.3 Å². The molecule has 1 heterocycles. The first-order valence-corrected chi connectivity index (χ1v) is 18.2. The highest BCUT2D eigenvalue weighted by Crippen LogP contribution is 2.46. The van der Waals surface area contributed by atoms with E-state index in [1.165, 1.54) is 24.3 Å². The van der Waals surface area contributed by atoms with Crippen molar-refractivity contribution in [3.05, 3.63) is 131 Å². The van der Waals surface area contributed by atoms with E-state index in [0.717, 1.165) is 22.4 Å². The first kappa shape index (κ1) is 32.1. The van der Waals surface area contributed by atoms with Crippen LogP contribution in [0.25, 0.3) is 0 Å². The molecule has 5 nitrogen and oxygen atoms in total. The number of hydrogen-bond acceptors (Lipinski definition) is 4. The molecule has 0 spiro atoms. The lowest BCUT2D eigenvalue weighted by Gasteiger charge is -2.47. The van der Waals surface area contributed by atoms with Crippen LogP contribution >= 0.6 is 0 Å². The molecule has 1 aliphatic rings. The highest BCUT2D eigenvalue weighted by molar-refractivity contribution is 6.74. The summed E-state index contributed by atoms with van der Waals surface area (Å²) < 4.78 is 39.8. The van der Waals surface area contributed by atoms with Crippen LogP contribution in [-0.4, -0.2) is 19.9 Å². The molecule has 8 heteroatoms. The second-order valence-electron chi connectivity index (χ2n) is 13.0. The fourth-order valence-electron chi connectivity index (χ4n) is 5.09. The van der Waals surface area contributed by atoms with Crippen molar-refractivity contribution in [2.24, 2.45) is 11.1 Å². The molecule has 5 rings (SSSR count). The van der Waals surface area contributed by atoms with Gasteiger partial charge in [0.1, 0.15) is 24.0 Å². The van der Waals surface area contributed by atoms with E-state index in [9.17, 15) is 13.6 Å². The zero-order valence-electron chi connectivity index (χ0n) is 26.5. The van der Waals surface area contributed by atoms with Gasteiger partial charge >= 0.3 is 0 Å². The van der Waals surface area contributed by atoms with Crippen molar-refractivity contribution in [1.29, 1.82) is 0 Å². The van der Waals surface area contributed by atoms with Crippen LogP contribution in [0.3, 0.4) is 0 Å². The van der Waals surface area contributed by atoms with Gasteiger partial charge in [-0.1, -0.05) is 75.4 Å². The van der Waals surface area contributed by atoms with Crippen molar-refractivity contribution >= 4 is 25.6 Å². The summed E-state index contributed by atoms with van der Waals surface area (Å²) in [5, 5.41) is 4.58. The molecule has 0 radical (unpaired) electrons. The molecular formula is C37H40F2N2O3Si. The molecule has 0 aliphatic carbocycles. The van der Waals surface area contributed by atoms with E-state index in [-0.39, 0.29) is 34.5 Å². The fraction of sp³-hybridized carbons (Fsp3) is 0.297. The van der Waals surface area contributed by atoms with Crippen LogP contribution in [0.5, 0.6) is 5.75 Å². The lowest BCUT2D eigenvalue weighted by atomic mass is 9.78. The average molecular weight is 627 g/mol. The van der Waals surface area contributed by atoms with Gasteiger partial charge in [-0.05, 0) is 96.2 Å². The fourth-order valence-corrected chi connectivity index (χ4v) is 5.70. The third-order valence-corrected chi connectivity index (χ3v) is 13.0. The van der Waals surface area contributed by atoms with Crippen molar-refractivity contribution < 1.29 is 22.8 Å². The van der Waals surface area contributed by atoms with Gasteiger partial charge in [-0.2, -0.15) is 0 Å². The minimum atomic E-state index is -2.21. The maximum Gasteiger partial charge on any atom is 0.286 e. The summed E-state index contributed by atoms with van der Waals surface area (Å²) in [5.41, 5.74) is 4.10. The van der Waals surface area contributed by atoms with E-state index >= 15 is 0 Å². The molecule has 0 unspecified atom stereocenters. The third-order valence-electron chi connectivity index (χ3n) is 8.85. The van der Waals surface area contributed by atoms with Crippen LogP contribution in [-0.2, 0) is 15.9 Å². The Hall–Kier alpha value is -4.30. The predicted molar refractivity (Wildman–Crippen MR) is 178 cm³/mol. The minimum absolute atomic E-state index is 0.0419. The molecule has 1 aliphatic heterocycles. The largest absolute Gasteiger partial charge is 0.489 e. The van der Waals surface area contributed by atoms with E-state index in [1.54, 1.807) is 29.2 Å². The van der Waals surface area contributed by atoms with Gasteiger partial charge in [0.15, 0.2) is 0 Å². The third kappa shape index (κ3) is 7.51. The Morgan fingerprint density at radius 2 is 1.44 bits per heavy atom. The number of rotatable bonds is 11. The van der Waals surface area contributed by atoms with E-state index in [2.05, 4.69) is 39.0 Å². The Bertz CT molecular complexity index is 1620. The predicted octanol–water partition coefficient (Wildman–Crippen LogP) is 9.45. The molecule has 0 N–H and O–H groups in total. The number of halogens is 2. The Balaban J connectivity index is 1.39. The van der Waals surface area contributed by atoms with Gasteiger partial charge in [0, 0.05) is 5.69 Å². The van der Waals surface area contributed by atoms with Crippen molar-refractivity contribution in [2.75, 3.05) is 4.90 Å². The zero-order valence-corrected chi connectivity index (χ0v) is 27.5. The van der Waals surface area contributed by atoms with Crippen LogP contribution in [0.4, 0.5) is 14.5 Å². The second-order valence-corrected chi connectivity index (χ2v) is 17.7. The van der Waals surface area contributed by atoms with E-state index in [0.29, 0.717) is 30.8 Å². The molecule has 4 aromatic carbocycles. The van der Waals surface area contributed by atoms with Gasteiger partial charge in [0.25, 0.3) is 8.32 Å². The molecule has 2 atom stereocenters. The number of benzene rings is 4. The number of amides is 1. The van der Waals surface area contributed by atoms with Crippen molar-refractivity contribution in [2.45, 2.75) is 64.4 Å². The standard InChI is InChI=1S/C37H40F2N2O3Si/c1-37(2,3)45(4,5)44-40-34(27-11-15-29(38)16-12-27)24-23-33-35(41(36(33)42)31-19-17-30(39)18-20-31)28-13-21-32(22-14-28)43-25-26-9-7-6-8-10-26/h6-22,33,35H,23-25H2,1-5H3/b40-34+/t33-,35-/m1/s1. The van der Waals surface area contributed by atoms with Crippen LogP contribution in [0.2, 0.25) is 18.1 Å². The van der Waals surface area contributed by atoms with Gasteiger partial charge in [-0.15, -0.1) is 5.16 Å². The number of carbonyl (C=O) groups is 1.